The maximum absolute atomic E-state index is 12.9. The van der Waals surface area contributed by atoms with E-state index in [1.807, 2.05) is 30.3 Å². The molecule has 1 saturated carbocycles. The Morgan fingerprint density at radius 2 is 2.08 bits per heavy atom. The minimum absolute atomic E-state index is 0. The standard InChI is InChI=1S/C18H21N3O.2ClH/c22-17(18-8-4-3-6-14(18)10-19-12-18)21-15-9-13-5-1-2-7-16(13)20-11-15;;/h1-2,5,7,9,11,14,19H,3-4,6,8,10,12H2,(H,21,22);2*1H/t14-,18+;;/m0../s1. The van der Waals surface area contributed by atoms with E-state index in [1.165, 1.54) is 6.42 Å². The number of para-hydroxylation sites is 1. The van der Waals surface area contributed by atoms with Crippen LogP contribution in [0.1, 0.15) is 25.7 Å². The van der Waals surface area contributed by atoms with Gasteiger partial charge in [0, 0.05) is 11.9 Å². The van der Waals surface area contributed by atoms with E-state index in [0.29, 0.717) is 5.92 Å². The second-order valence-electron chi connectivity index (χ2n) is 6.60. The second-order valence-corrected chi connectivity index (χ2v) is 6.60. The molecule has 0 bridgehead atoms. The lowest BCUT2D eigenvalue weighted by Crippen LogP contribution is -2.44. The van der Waals surface area contributed by atoms with E-state index in [1.54, 1.807) is 6.20 Å². The maximum atomic E-state index is 12.9. The van der Waals surface area contributed by atoms with Crippen molar-refractivity contribution in [2.75, 3.05) is 18.4 Å². The number of carbonyl (C=O) groups is 1. The summed E-state index contributed by atoms with van der Waals surface area (Å²) < 4.78 is 0. The first-order valence-electron chi connectivity index (χ1n) is 8.15. The first-order chi connectivity index (χ1) is 10.8. The number of amides is 1. The Kier molecular flexibility index (Phi) is 6.07. The molecule has 4 nitrogen and oxygen atoms in total. The number of benzene rings is 1. The largest absolute Gasteiger partial charge is 0.324 e. The molecule has 130 valence electrons. The van der Waals surface area contributed by atoms with Crippen LogP contribution < -0.4 is 10.6 Å². The van der Waals surface area contributed by atoms with Crippen LogP contribution in [0.2, 0.25) is 0 Å². The summed E-state index contributed by atoms with van der Waals surface area (Å²) in [6.45, 7) is 1.79. The van der Waals surface area contributed by atoms with Crippen LogP contribution in [0, 0.1) is 11.3 Å². The Bertz CT molecular complexity index is 724. The van der Waals surface area contributed by atoms with Crippen molar-refractivity contribution < 1.29 is 4.79 Å². The molecule has 1 aliphatic heterocycles. The van der Waals surface area contributed by atoms with Crippen LogP contribution >= 0.6 is 24.8 Å². The van der Waals surface area contributed by atoms with Crippen LogP contribution in [0.3, 0.4) is 0 Å². The summed E-state index contributed by atoms with van der Waals surface area (Å²) in [6.07, 6.45) is 6.32. The quantitative estimate of drug-likeness (QED) is 0.848. The summed E-state index contributed by atoms with van der Waals surface area (Å²) in [5.74, 6) is 0.647. The van der Waals surface area contributed by atoms with Gasteiger partial charge in [-0.3, -0.25) is 9.78 Å². The summed E-state index contributed by atoms with van der Waals surface area (Å²) >= 11 is 0. The summed E-state index contributed by atoms with van der Waals surface area (Å²) in [5, 5.41) is 7.61. The molecule has 2 fully saturated rings. The predicted octanol–water partition coefficient (Wildman–Crippen LogP) is 3.80. The van der Waals surface area contributed by atoms with E-state index in [2.05, 4.69) is 15.6 Å². The Morgan fingerprint density at radius 1 is 1.25 bits per heavy atom. The number of pyridine rings is 1. The molecule has 1 aromatic heterocycles. The van der Waals surface area contributed by atoms with Gasteiger partial charge < -0.3 is 10.6 Å². The highest BCUT2D eigenvalue weighted by atomic mass is 35.5. The lowest BCUT2D eigenvalue weighted by molar-refractivity contribution is -0.128. The van der Waals surface area contributed by atoms with Gasteiger partial charge in [0.05, 0.1) is 22.8 Å². The summed E-state index contributed by atoms with van der Waals surface area (Å²) in [6, 6.07) is 9.99. The molecule has 4 rings (SSSR count). The van der Waals surface area contributed by atoms with Crippen molar-refractivity contribution in [1.29, 1.82) is 0 Å². The minimum atomic E-state index is -0.218. The number of nitrogens with one attached hydrogen (secondary N) is 2. The predicted molar refractivity (Wildman–Crippen MR) is 102 cm³/mol. The third-order valence-electron chi connectivity index (χ3n) is 5.34. The summed E-state index contributed by atoms with van der Waals surface area (Å²) in [4.78, 5) is 17.4. The molecule has 6 heteroatoms. The van der Waals surface area contributed by atoms with E-state index in [-0.39, 0.29) is 36.1 Å². The zero-order valence-corrected chi connectivity index (χ0v) is 15.1. The van der Waals surface area contributed by atoms with E-state index < -0.39 is 0 Å². The Hall–Kier alpha value is -1.36. The van der Waals surface area contributed by atoms with Crippen molar-refractivity contribution in [1.82, 2.24) is 10.3 Å². The molecule has 0 unspecified atom stereocenters. The fourth-order valence-corrected chi connectivity index (χ4v) is 4.09. The molecule has 2 aromatic rings. The van der Waals surface area contributed by atoms with Crippen LogP contribution in [-0.2, 0) is 4.79 Å². The van der Waals surface area contributed by atoms with Gasteiger partial charge in [-0.25, -0.2) is 0 Å². The van der Waals surface area contributed by atoms with Crippen molar-refractivity contribution in [2.45, 2.75) is 25.7 Å². The number of nitrogens with zero attached hydrogens (tertiary/aromatic N) is 1. The highest BCUT2D eigenvalue weighted by molar-refractivity contribution is 5.97. The average molecular weight is 368 g/mol. The maximum Gasteiger partial charge on any atom is 0.232 e. The van der Waals surface area contributed by atoms with Gasteiger partial charge in [-0.1, -0.05) is 31.0 Å². The van der Waals surface area contributed by atoms with Gasteiger partial charge in [0.1, 0.15) is 0 Å². The monoisotopic (exact) mass is 367 g/mol. The topological polar surface area (TPSA) is 54.0 Å². The fourth-order valence-electron chi connectivity index (χ4n) is 4.09. The summed E-state index contributed by atoms with van der Waals surface area (Å²) in [5.41, 5.74) is 1.54. The number of anilines is 1. The van der Waals surface area contributed by atoms with Crippen molar-refractivity contribution in [3.63, 3.8) is 0 Å². The number of hydrogen-bond donors (Lipinski definition) is 2. The molecule has 0 spiro atoms. The fraction of sp³-hybridized carbons (Fsp3) is 0.444. The van der Waals surface area contributed by atoms with E-state index in [9.17, 15) is 4.79 Å². The van der Waals surface area contributed by atoms with E-state index >= 15 is 0 Å². The smallest absolute Gasteiger partial charge is 0.232 e. The Labute approximate surface area is 154 Å². The lowest BCUT2D eigenvalue weighted by Gasteiger charge is -2.37. The van der Waals surface area contributed by atoms with Gasteiger partial charge in [0.25, 0.3) is 0 Å². The molecule has 24 heavy (non-hydrogen) atoms. The average Bonchev–Trinajstić information content (AvgIpc) is 3.00. The van der Waals surface area contributed by atoms with E-state index in [4.69, 9.17) is 0 Å². The highest BCUT2D eigenvalue weighted by Gasteiger charge is 2.49. The van der Waals surface area contributed by atoms with Gasteiger partial charge in [-0.15, -0.1) is 24.8 Å². The third kappa shape index (κ3) is 3.23. The van der Waals surface area contributed by atoms with Gasteiger partial charge in [0.2, 0.25) is 5.91 Å². The Morgan fingerprint density at radius 3 is 2.96 bits per heavy atom. The van der Waals surface area contributed by atoms with Crippen LogP contribution in [0.15, 0.2) is 36.5 Å². The number of aromatic nitrogens is 1. The molecule has 2 N–H and O–H groups in total. The van der Waals surface area contributed by atoms with Gasteiger partial charge >= 0.3 is 0 Å². The molecule has 2 aliphatic rings. The van der Waals surface area contributed by atoms with Gasteiger partial charge in [-0.05, 0) is 37.4 Å². The molecule has 0 radical (unpaired) electrons. The Balaban J connectivity index is 0.00000104. The molecular weight excluding hydrogens is 345 g/mol. The highest BCUT2D eigenvalue weighted by Crippen LogP contribution is 2.44. The van der Waals surface area contributed by atoms with Crippen molar-refractivity contribution in [3.8, 4) is 0 Å². The number of hydrogen-bond acceptors (Lipinski definition) is 3. The van der Waals surface area contributed by atoms with E-state index in [0.717, 1.165) is 48.9 Å². The van der Waals surface area contributed by atoms with Crippen molar-refractivity contribution in [3.05, 3.63) is 36.5 Å². The number of rotatable bonds is 2. The van der Waals surface area contributed by atoms with Crippen LogP contribution in [0.4, 0.5) is 5.69 Å². The number of carbonyl (C=O) groups excluding carboxylic acids is 1. The molecule has 2 atom stereocenters. The molecule has 1 saturated heterocycles. The first-order valence-corrected chi connectivity index (χ1v) is 8.15. The summed E-state index contributed by atoms with van der Waals surface area (Å²) in [7, 11) is 0. The van der Waals surface area contributed by atoms with Crippen molar-refractivity contribution in [2.24, 2.45) is 11.3 Å². The lowest BCUT2D eigenvalue weighted by atomic mass is 9.67. The SMILES string of the molecule is Cl.Cl.O=C(Nc1cnc2ccccc2c1)[C@@]12CCCC[C@H]1CNC2. The zero-order chi connectivity index (χ0) is 15.0. The number of halogens is 2. The second kappa shape index (κ2) is 7.68. The zero-order valence-electron chi connectivity index (χ0n) is 13.5. The molecule has 1 aliphatic carbocycles. The molecule has 2 heterocycles. The molecule has 1 aromatic carbocycles. The van der Waals surface area contributed by atoms with Crippen LogP contribution in [0.25, 0.3) is 10.9 Å². The van der Waals surface area contributed by atoms with Crippen LogP contribution in [-0.4, -0.2) is 24.0 Å². The molecular formula is C18H23Cl2N3O. The van der Waals surface area contributed by atoms with Crippen LogP contribution in [0.5, 0.6) is 0 Å². The minimum Gasteiger partial charge on any atom is -0.324 e. The third-order valence-corrected chi connectivity index (χ3v) is 5.34. The number of fused-ring (bicyclic) bond motifs is 2. The van der Waals surface area contributed by atoms with Gasteiger partial charge in [0.15, 0.2) is 0 Å². The molecule has 1 amide bonds. The first kappa shape index (κ1) is 19.0. The van der Waals surface area contributed by atoms with Gasteiger partial charge in [-0.2, -0.15) is 0 Å². The normalized spacial score (nSPS) is 25.2. The van der Waals surface area contributed by atoms with Crippen molar-refractivity contribution >= 4 is 47.3 Å².